The number of hydrogen-bond acceptors (Lipinski definition) is 3. The highest BCUT2D eigenvalue weighted by Crippen LogP contribution is 2.38. The van der Waals surface area contributed by atoms with Crippen LogP contribution < -0.4 is 5.73 Å². The molecule has 2 fully saturated rings. The largest absolute Gasteiger partial charge is 0.376 e. The van der Waals surface area contributed by atoms with Gasteiger partial charge in [-0.2, -0.15) is 0 Å². The van der Waals surface area contributed by atoms with E-state index in [1.54, 1.807) is 0 Å². The summed E-state index contributed by atoms with van der Waals surface area (Å²) in [7, 11) is 1.92. The first-order valence-corrected chi connectivity index (χ1v) is 7.20. The van der Waals surface area contributed by atoms with E-state index in [2.05, 4.69) is 6.92 Å². The van der Waals surface area contributed by atoms with Crippen LogP contribution >= 0.6 is 0 Å². The quantitative estimate of drug-likeness (QED) is 0.831. The molecule has 4 heteroatoms. The number of nitrogens with zero attached hydrogens (tertiary/aromatic N) is 1. The summed E-state index contributed by atoms with van der Waals surface area (Å²) in [5, 5.41) is 0. The average Bonchev–Trinajstić information content (AvgIpc) is 2.84. The van der Waals surface area contributed by atoms with Gasteiger partial charge in [0.15, 0.2) is 0 Å². The van der Waals surface area contributed by atoms with Crippen molar-refractivity contribution in [2.45, 2.75) is 57.6 Å². The van der Waals surface area contributed by atoms with Gasteiger partial charge in [0.25, 0.3) is 0 Å². The summed E-state index contributed by atoms with van der Waals surface area (Å²) in [6.07, 6.45) is 6.51. The predicted octanol–water partition coefficient (Wildman–Crippen LogP) is 1.53. The van der Waals surface area contributed by atoms with E-state index < -0.39 is 0 Å². The van der Waals surface area contributed by atoms with Crippen LogP contribution in [-0.4, -0.2) is 43.2 Å². The van der Waals surface area contributed by atoms with Crippen molar-refractivity contribution in [2.75, 3.05) is 20.2 Å². The Morgan fingerprint density at radius 3 is 2.56 bits per heavy atom. The molecule has 0 spiro atoms. The lowest BCUT2D eigenvalue weighted by molar-refractivity contribution is -0.145. The number of ether oxygens (including phenoxy) is 1. The second-order valence-electron chi connectivity index (χ2n) is 5.89. The Labute approximate surface area is 110 Å². The lowest BCUT2D eigenvalue weighted by Crippen LogP contribution is -2.52. The Kier molecular flexibility index (Phi) is 4.28. The third-order valence-corrected chi connectivity index (χ3v) is 4.81. The molecule has 0 aromatic carbocycles. The SMILES string of the molecule is CC1OCCC1N(C)C(=O)C1(CN)CCCCC1. The molecule has 0 aromatic rings. The maximum atomic E-state index is 12.8. The Bertz CT molecular complexity index is 300. The normalized spacial score (nSPS) is 31.3. The number of amides is 1. The van der Waals surface area contributed by atoms with E-state index in [0.717, 1.165) is 38.7 Å². The summed E-state index contributed by atoms with van der Waals surface area (Å²) in [5.41, 5.74) is 5.64. The molecule has 2 rings (SSSR count). The van der Waals surface area contributed by atoms with Crippen LogP contribution in [0.1, 0.15) is 45.4 Å². The maximum absolute atomic E-state index is 12.8. The number of rotatable bonds is 3. The van der Waals surface area contributed by atoms with E-state index in [4.69, 9.17) is 10.5 Å². The zero-order valence-corrected chi connectivity index (χ0v) is 11.7. The zero-order valence-electron chi connectivity index (χ0n) is 11.7. The molecular formula is C14H26N2O2. The number of hydrogen-bond donors (Lipinski definition) is 1. The van der Waals surface area contributed by atoms with Gasteiger partial charge in [0.05, 0.1) is 17.6 Å². The molecule has 1 aliphatic carbocycles. The topological polar surface area (TPSA) is 55.6 Å². The lowest BCUT2D eigenvalue weighted by atomic mass is 9.73. The molecule has 2 aliphatic rings. The van der Waals surface area contributed by atoms with E-state index in [0.29, 0.717) is 6.54 Å². The van der Waals surface area contributed by atoms with Gasteiger partial charge in [0.2, 0.25) is 5.91 Å². The molecule has 1 saturated carbocycles. The maximum Gasteiger partial charge on any atom is 0.230 e. The van der Waals surface area contributed by atoms with Gasteiger partial charge in [-0.15, -0.1) is 0 Å². The first kappa shape index (κ1) is 13.8. The summed E-state index contributed by atoms with van der Waals surface area (Å²) >= 11 is 0. The molecule has 2 atom stereocenters. The molecule has 4 nitrogen and oxygen atoms in total. The van der Waals surface area contributed by atoms with E-state index in [-0.39, 0.29) is 23.5 Å². The highest BCUT2D eigenvalue weighted by atomic mass is 16.5. The zero-order chi connectivity index (χ0) is 13.2. The van der Waals surface area contributed by atoms with E-state index in [1.807, 2.05) is 11.9 Å². The summed E-state index contributed by atoms with van der Waals surface area (Å²) in [6, 6.07) is 0.225. The van der Waals surface area contributed by atoms with Crippen molar-refractivity contribution >= 4 is 5.91 Å². The number of carbonyl (C=O) groups is 1. The predicted molar refractivity (Wildman–Crippen MR) is 71.2 cm³/mol. The van der Waals surface area contributed by atoms with Crippen molar-refractivity contribution in [3.8, 4) is 0 Å². The van der Waals surface area contributed by atoms with Gasteiger partial charge in [-0.25, -0.2) is 0 Å². The van der Waals surface area contributed by atoms with Gasteiger partial charge >= 0.3 is 0 Å². The molecule has 1 aliphatic heterocycles. The third-order valence-electron chi connectivity index (χ3n) is 4.81. The van der Waals surface area contributed by atoms with E-state index >= 15 is 0 Å². The fourth-order valence-corrected chi connectivity index (χ4v) is 3.49. The lowest BCUT2D eigenvalue weighted by Gasteiger charge is -2.40. The number of likely N-dealkylation sites (N-methyl/N-ethyl adjacent to an activating group) is 1. The molecule has 2 N–H and O–H groups in total. The molecule has 1 amide bonds. The molecule has 1 saturated heterocycles. The van der Waals surface area contributed by atoms with Crippen LogP contribution in [0.2, 0.25) is 0 Å². The molecule has 104 valence electrons. The minimum absolute atomic E-state index is 0.150. The van der Waals surface area contributed by atoms with Crippen LogP contribution in [0.3, 0.4) is 0 Å². The molecule has 0 aromatic heterocycles. The number of carbonyl (C=O) groups excluding carboxylic acids is 1. The summed E-state index contributed by atoms with van der Waals surface area (Å²) in [6.45, 7) is 3.30. The van der Waals surface area contributed by atoms with Crippen LogP contribution in [0.25, 0.3) is 0 Å². The molecular weight excluding hydrogens is 228 g/mol. The van der Waals surface area contributed by atoms with Crippen molar-refractivity contribution in [2.24, 2.45) is 11.1 Å². The van der Waals surface area contributed by atoms with Crippen molar-refractivity contribution in [1.82, 2.24) is 4.90 Å². The van der Waals surface area contributed by atoms with Gasteiger partial charge in [-0.1, -0.05) is 19.3 Å². The van der Waals surface area contributed by atoms with Gasteiger partial charge in [0.1, 0.15) is 0 Å². The van der Waals surface area contributed by atoms with Gasteiger partial charge < -0.3 is 15.4 Å². The van der Waals surface area contributed by atoms with E-state index in [9.17, 15) is 4.79 Å². The van der Waals surface area contributed by atoms with E-state index in [1.165, 1.54) is 6.42 Å². The number of nitrogens with two attached hydrogens (primary N) is 1. The minimum Gasteiger partial charge on any atom is -0.376 e. The molecule has 0 radical (unpaired) electrons. The average molecular weight is 254 g/mol. The molecule has 2 unspecified atom stereocenters. The van der Waals surface area contributed by atoms with Gasteiger partial charge in [-0.3, -0.25) is 4.79 Å². The Balaban J connectivity index is 2.08. The van der Waals surface area contributed by atoms with Crippen LogP contribution in [0.15, 0.2) is 0 Å². The second-order valence-corrected chi connectivity index (χ2v) is 5.89. The smallest absolute Gasteiger partial charge is 0.230 e. The van der Waals surface area contributed by atoms with Crippen molar-refractivity contribution in [3.63, 3.8) is 0 Å². The minimum atomic E-state index is -0.296. The molecule has 0 bridgehead atoms. The van der Waals surface area contributed by atoms with Crippen molar-refractivity contribution in [1.29, 1.82) is 0 Å². The fourth-order valence-electron chi connectivity index (χ4n) is 3.49. The van der Waals surface area contributed by atoms with Crippen molar-refractivity contribution < 1.29 is 9.53 Å². The summed E-state index contributed by atoms with van der Waals surface area (Å²) in [5.74, 6) is 0.243. The van der Waals surface area contributed by atoms with Crippen LogP contribution in [-0.2, 0) is 9.53 Å². The first-order chi connectivity index (χ1) is 8.60. The summed E-state index contributed by atoms with van der Waals surface area (Å²) in [4.78, 5) is 14.7. The monoisotopic (exact) mass is 254 g/mol. The van der Waals surface area contributed by atoms with Crippen LogP contribution in [0.4, 0.5) is 0 Å². The highest BCUT2D eigenvalue weighted by Gasteiger charge is 2.43. The Morgan fingerprint density at radius 2 is 2.06 bits per heavy atom. The Morgan fingerprint density at radius 1 is 1.39 bits per heavy atom. The van der Waals surface area contributed by atoms with Crippen LogP contribution in [0, 0.1) is 5.41 Å². The third kappa shape index (κ3) is 2.41. The van der Waals surface area contributed by atoms with Crippen LogP contribution in [0.5, 0.6) is 0 Å². The first-order valence-electron chi connectivity index (χ1n) is 7.20. The second kappa shape index (κ2) is 5.57. The van der Waals surface area contributed by atoms with Gasteiger partial charge in [-0.05, 0) is 26.2 Å². The fraction of sp³-hybridized carbons (Fsp3) is 0.929. The van der Waals surface area contributed by atoms with Gasteiger partial charge in [0, 0.05) is 20.2 Å². The Hall–Kier alpha value is -0.610. The highest BCUT2D eigenvalue weighted by molar-refractivity contribution is 5.83. The standard InChI is InChI=1S/C14H26N2O2/c1-11-12(6-9-18-11)16(2)13(17)14(10-15)7-4-3-5-8-14/h11-12H,3-10,15H2,1-2H3. The molecule has 1 heterocycles. The molecule has 18 heavy (non-hydrogen) atoms. The summed E-state index contributed by atoms with van der Waals surface area (Å²) < 4.78 is 5.57. The van der Waals surface area contributed by atoms with Crippen molar-refractivity contribution in [3.05, 3.63) is 0 Å².